The number of ether oxygens (including phenoxy) is 1. The molecule has 7 nitrogen and oxygen atoms in total. The summed E-state index contributed by atoms with van der Waals surface area (Å²) < 4.78 is 28.7. The number of anilines is 3. The van der Waals surface area contributed by atoms with Crippen LogP contribution in [0.2, 0.25) is 0 Å². The smallest absolute Gasteiger partial charge is 0.387 e. The van der Waals surface area contributed by atoms with E-state index in [0.29, 0.717) is 5.56 Å². The molecule has 0 atom stereocenters. The van der Waals surface area contributed by atoms with Crippen molar-refractivity contribution in [3.05, 3.63) is 66.0 Å². The Balaban J connectivity index is 1.87. The number of nitrogens with one attached hydrogen (secondary N) is 1. The molecule has 1 aromatic heterocycles. The predicted molar refractivity (Wildman–Crippen MR) is 101 cm³/mol. The number of hydrogen-bond acceptors (Lipinski definition) is 7. The number of benzene rings is 2. The van der Waals surface area contributed by atoms with Crippen LogP contribution in [-0.4, -0.2) is 21.6 Å². The minimum absolute atomic E-state index is 0.0180. The summed E-state index contributed by atoms with van der Waals surface area (Å²) in [4.78, 5) is 12.2. The van der Waals surface area contributed by atoms with Crippen LogP contribution in [0, 0.1) is 11.3 Å². The van der Waals surface area contributed by atoms with E-state index in [0.717, 1.165) is 5.69 Å². The maximum atomic E-state index is 12.2. The number of aromatic nitrogens is 3. The molecule has 0 saturated heterocycles. The molecule has 28 heavy (non-hydrogen) atoms. The molecule has 0 fully saturated rings. The first-order valence-corrected chi connectivity index (χ1v) is 8.04. The second-order valence-corrected chi connectivity index (χ2v) is 5.45. The van der Waals surface area contributed by atoms with Gasteiger partial charge in [0.1, 0.15) is 11.8 Å². The van der Waals surface area contributed by atoms with Crippen molar-refractivity contribution >= 4 is 29.2 Å². The van der Waals surface area contributed by atoms with Crippen molar-refractivity contribution in [1.29, 1.82) is 5.26 Å². The third kappa shape index (κ3) is 4.98. The fraction of sp³-hybridized carbons (Fsp3) is 0.0526. The Morgan fingerprint density at radius 3 is 2.43 bits per heavy atom. The molecule has 2 aromatic carbocycles. The van der Waals surface area contributed by atoms with Gasteiger partial charge in [-0.15, -0.1) is 0 Å². The summed E-state index contributed by atoms with van der Waals surface area (Å²) in [6, 6.07) is 17.0. The standard InChI is InChI=1S/C19H14F2N6O/c20-17(21)28-15-8-6-12(7-9-15)10-13(11-22)16-25-18(23)27-19(26-16)24-14-4-2-1-3-5-14/h1-10,17H,(H3,23,24,25,26,27)/b13-10+. The third-order valence-electron chi connectivity index (χ3n) is 3.46. The number of nitrogens with zero attached hydrogens (tertiary/aromatic N) is 4. The average Bonchev–Trinajstić information content (AvgIpc) is 2.67. The van der Waals surface area contributed by atoms with Gasteiger partial charge in [-0.3, -0.25) is 0 Å². The molecular formula is C19H14F2N6O. The molecule has 0 amide bonds. The number of rotatable bonds is 6. The van der Waals surface area contributed by atoms with Gasteiger partial charge in [0.15, 0.2) is 5.82 Å². The lowest BCUT2D eigenvalue weighted by molar-refractivity contribution is -0.0498. The van der Waals surface area contributed by atoms with Crippen molar-refractivity contribution in [1.82, 2.24) is 15.0 Å². The van der Waals surface area contributed by atoms with Gasteiger partial charge in [0.2, 0.25) is 11.9 Å². The van der Waals surface area contributed by atoms with Crippen molar-refractivity contribution < 1.29 is 13.5 Å². The van der Waals surface area contributed by atoms with Gasteiger partial charge in [0.05, 0.1) is 5.57 Å². The molecular weight excluding hydrogens is 366 g/mol. The highest BCUT2D eigenvalue weighted by Crippen LogP contribution is 2.20. The van der Waals surface area contributed by atoms with Crippen LogP contribution in [-0.2, 0) is 0 Å². The highest BCUT2D eigenvalue weighted by molar-refractivity contribution is 5.87. The predicted octanol–water partition coefficient (Wildman–Crippen LogP) is 3.86. The van der Waals surface area contributed by atoms with Gasteiger partial charge in [0, 0.05) is 5.69 Å². The highest BCUT2D eigenvalue weighted by atomic mass is 19.3. The van der Waals surface area contributed by atoms with Crippen molar-refractivity contribution in [3.63, 3.8) is 0 Å². The normalized spacial score (nSPS) is 11.1. The van der Waals surface area contributed by atoms with E-state index in [1.807, 2.05) is 36.4 Å². The third-order valence-corrected chi connectivity index (χ3v) is 3.46. The molecule has 140 valence electrons. The molecule has 9 heteroatoms. The van der Waals surface area contributed by atoms with Crippen LogP contribution in [0.4, 0.5) is 26.4 Å². The van der Waals surface area contributed by atoms with E-state index in [1.165, 1.54) is 30.3 Å². The number of nitriles is 1. The van der Waals surface area contributed by atoms with E-state index in [2.05, 4.69) is 25.0 Å². The zero-order valence-corrected chi connectivity index (χ0v) is 14.4. The number of hydrogen-bond donors (Lipinski definition) is 2. The average molecular weight is 380 g/mol. The molecule has 3 rings (SSSR count). The number of halogens is 2. The summed E-state index contributed by atoms with van der Waals surface area (Å²) in [5.74, 6) is 0.242. The van der Waals surface area contributed by atoms with E-state index >= 15 is 0 Å². The first-order chi connectivity index (χ1) is 13.5. The molecule has 0 radical (unpaired) electrons. The summed E-state index contributed by atoms with van der Waals surface area (Å²) in [5, 5.41) is 12.5. The molecule has 3 aromatic rings. The van der Waals surface area contributed by atoms with Gasteiger partial charge in [0.25, 0.3) is 0 Å². The maximum Gasteiger partial charge on any atom is 0.387 e. The number of nitrogens with two attached hydrogens (primary N) is 1. The molecule has 0 saturated carbocycles. The monoisotopic (exact) mass is 380 g/mol. The van der Waals surface area contributed by atoms with Gasteiger partial charge in [-0.1, -0.05) is 30.3 Å². The minimum atomic E-state index is -2.90. The summed E-state index contributed by atoms with van der Waals surface area (Å²) in [6.07, 6.45) is 1.51. The Morgan fingerprint density at radius 1 is 1.07 bits per heavy atom. The van der Waals surface area contributed by atoms with Crippen LogP contribution >= 0.6 is 0 Å². The Kier molecular flexibility index (Phi) is 5.72. The summed E-state index contributed by atoms with van der Waals surface area (Å²) in [5.41, 5.74) is 7.20. The number of alkyl halides is 2. The summed E-state index contributed by atoms with van der Waals surface area (Å²) in [6.45, 7) is -2.90. The Morgan fingerprint density at radius 2 is 1.79 bits per heavy atom. The molecule has 0 spiro atoms. The topological polar surface area (TPSA) is 110 Å². The molecule has 0 aliphatic rings. The first kappa shape index (κ1) is 18.7. The van der Waals surface area contributed by atoms with Gasteiger partial charge < -0.3 is 15.8 Å². The SMILES string of the molecule is N#C/C(=C\c1ccc(OC(F)F)cc1)c1nc(N)nc(Nc2ccccc2)n1. The molecule has 0 aliphatic heterocycles. The number of para-hydroxylation sites is 1. The van der Waals surface area contributed by atoms with E-state index in [4.69, 9.17) is 5.73 Å². The van der Waals surface area contributed by atoms with Gasteiger partial charge in [-0.05, 0) is 35.9 Å². The highest BCUT2D eigenvalue weighted by Gasteiger charge is 2.10. The van der Waals surface area contributed by atoms with E-state index in [9.17, 15) is 14.0 Å². The van der Waals surface area contributed by atoms with E-state index in [-0.39, 0.29) is 29.0 Å². The van der Waals surface area contributed by atoms with Gasteiger partial charge in [-0.2, -0.15) is 29.0 Å². The van der Waals surface area contributed by atoms with Gasteiger partial charge in [-0.25, -0.2) is 0 Å². The van der Waals surface area contributed by atoms with Gasteiger partial charge >= 0.3 is 6.61 Å². The first-order valence-electron chi connectivity index (χ1n) is 8.04. The number of nitrogen functional groups attached to an aromatic ring is 1. The van der Waals surface area contributed by atoms with Crippen molar-refractivity contribution in [2.45, 2.75) is 6.61 Å². The van der Waals surface area contributed by atoms with Crippen LogP contribution in [0.25, 0.3) is 11.6 Å². The summed E-state index contributed by atoms with van der Waals surface area (Å²) in [7, 11) is 0. The quantitative estimate of drug-likeness (QED) is 0.625. The zero-order chi connectivity index (χ0) is 19.9. The number of allylic oxidation sites excluding steroid dienone is 1. The largest absolute Gasteiger partial charge is 0.435 e. The Labute approximate surface area is 159 Å². The zero-order valence-electron chi connectivity index (χ0n) is 14.4. The second kappa shape index (κ2) is 8.55. The molecule has 1 heterocycles. The van der Waals surface area contributed by atoms with Crippen molar-refractivity contribution in [2.75, 3.05) is 11.1 Å². The summed E-state index contributed by atoms with van der Waals surface area (Å²) >= 11 is 0. The lowest BCUT2D eigenvalue weighted by Crippen LogP contribution is -2.06. The molecule has 0 bridgehead atoms. The maximum absolute atomic E-state index is 12.2. The molecule has 3 N–H and O–H groups in total. The van der Waals surface area contributed by atoms with E-state index < -0.39 is 6.61 Å². The molecule has 0 aliphatic carbocycles. The fourth-order valence-corrected chi connectivity index (χ4v) is 2.28. The van der Waals surface area contributed by atoms with E-state index in [1.54, 1.807) is 0 Å². The Hall–Kier alpha value is -4.06. The van der Waals surface area contributed by atoms with Crippen LogP contribution < -0.4 is 15.8 Å². The lowest BCUT2D eigenvalue weighted by Gasteiger charge is -2.07. The second-order valence-electron chi connectivity index (χ2n) is 5.45. The van der Waals surface area contributed by atoms with Crippen molar-refractivity contribution in [3.8, 4) is 11.8 Å². The van der Waals surface area contributed by atoms with Crippen molar-refractivity contribution in [2.24, 2.45) is 0 Å². The van der Waals surface area contributed by atoms with Crippen LogP contribution in [0.15, 0.2) is 54.6 Å². The lowest BCUT2D eigenvalue weighted by atomic mass is 10.1. The fourth-order valence-electron chi connectivity index (χ4n) is 2.28. The van der Waals surface area contributed by atoms with Crippen LogP contribution in [0.1, 0.15) is 11.4 Å². The Bertz CT molecular complexity index is 1020. The minimum Gasteiger partial charge on any atom is -0.435 e. The molecule has 0 unspecified atom stereocenters. The van der Waals surface area contributed by atoms with Crippen LogP contribution in [0.5, 0.6) is 5.75 Å². The van der Waals surface area contributed by atoms with Crippen LogP contribution in [0.3, 0.4) is 0 Å².